The van der Waals surface area contributed by atoms with Gasteiger partial charge in [-0.25, -0.2) is 0 Å². The van der Waals surface area contributed by atoms with Crippen molar-refractivity contribution in [3.63, 3.8) is 0 Å². The molecule has 0 aromatic heterocycles. The lowest BCUT2D eigenvalue weighted by Gasteiger charge is -2.39. The van der Waals surface area contributed by atoms with E-state index in [0.29, 0.717) is 22.5 Å². The van der Waals surface area contributed by atoms with Gasteiger partial charge in [-0.05, 0) is 47.9 Å². The van der Waals surface area contributed by atoms with E-state index in [1.165, 1.54) is 0 Å². The van der Waals surface area contributed by atoms with Gasteiger partial charge in [-0.15, -0.1) is 0 Å². The Bertz CT molecular complexity index is 772. The van der Waals surface area contributed by atoms with Crippen molar-refractivity contribution in [3.8, 4) is 11.5 Å². The highest BCUT2D eigenvalue weighted by atomic mass is 16.5. The Hall–Kier alpha value is -2.59. The first-order chi connectivity index (χ1) is 11.0. The molecule has 0 saturated carbocycles. The second-order valence-electron chi connectivity index (χ2n) is 5.50. The second kappa shape index (κ2) is 5.56. The van der Waals surface area contributed by atoms with Crippen LogP contribution in [0, 0.1) is 0 Å². The minimum Gasteiger partial charge on any atom is -0.497 e. The van der Waals surface area contributed by atoms with Gasteiger partial charge in [0, 0.05) is 5.57 Å². The lowest BCUT2D eigenvalue weighted by Crippen LogP contribution is -2.46. The fourth-order valence-corrected chi connectivity index (χ4v) is 2.93. The van der Waals surface area contributed by atoms with Crippen LogP contribution in [0.5, 0.6) is 11.5 Å². The van der Waals surface area contributed by atoms with E-state index < -0.39 is 5.60 Å². The minimum absolute atomic E-state index is 0.287. The molecule has 1 aliphatic carbocycles. The van der Waals surface area contributed by atoms with Crippen LogP contribution in [0.25, 0.3) is 5.57 Å². The average molecular weight is 310 g/mol. The summed E-state index contributed by atoms with van der Waals surface area (Å²) in [5, 5.41) is 10.8. The summed E-state index contributed by atoms with van der Waals surface area (Å²) in [5.41, 5.74) is 0.995. The topological polar surface area (TPSA) is 55.8 Å². The van der Waals surface area contributed by atoms with Crippen molar-refractivity contribution in [1.82, 2.24) is 0 Å². The summed E-state index contributed by atoms with van der Waals surface area (Å²) in [6, 6.07) is 14.1. The molecule has 0 saturated heterocycles. The van der Waals surface area contributed by atoms with Gasteiger partial charge in [0.2, 0.25) is 5.78 Å². The third-order valence-electron chi connectivity index (χ3n) is 4.36. The van der Waals surface area contributed by atoms with Gasteiger partial charge in [-0.1, -0.05) is 24.3 Å². The molecule has 1 unspecified atom stereocenters. The molecule has 4 nitrogen and oxygen atoms in total. The number of aliphatic hydroxyl groups is 1. The zero-order chi connectivity index (χ0) is 16.6. The van der Waals surface area contributed by atoms with E-state index in [1.54, 1.807) is 57.5 Å². The lowest BCUT2D eigenvalue weighted by molar-refractivity contribution is -0.131. The first-order valence-electron chi connectivity index (χ1n) is 7.30. The first-order valence-corrected chi connectivity index (χ1v) is 7.30. The minimum atomic E-state index is -1.55. The molecule has 0 spiro atoms. The van der Waals surface area contributed by atoms with E-state index in [1.807, 2.05) is 12.1 Å². The van der Waals surface area contributed by atoms with Crippen LogP contribution < -0.4 is 9.47 Å². The number of carbonyl (C=O) groups is 1. The molecule has 2 aromatic rings. The Balaban J connectivity index is 1.99. The largest absolute Gasteiger partial charge is 0.497 e. The summed E-state index contributed by atoms with van der Waals surface area (Å²) < 4.78 is 10.2. The number of ketones is 1. The molecule has 3 rings (SSSR count). The number of ether oxygens (including phenoxy) is 2. The quantitative estimate of drug-likeness (QED) is 0.943. The number of methoxy groups -OCH3 is 2. The van der Waals surface area contributed by atoms with Crippen LogP contribution in [-0.2, 0) is 10.4 Å². The molecule has 1 atom stereocenters. The van der Waals surface area contributed by atoms with Crippen molar-refractivity contribution < 1.29 is 19.4 Å². The van der Waals surface area contributed by atoms with Crippen LogP contribution in [0.3, 0.4) is 0 Å². The predicted molar refractivity (Wildman–Crippen MR) is 87.5 cm³/mol. The number of hydrogen-bond donors (Lipinski definition) is 1. The molecule has 2 aromatic carbocycles. The summed E-state index contributed by atoms with van der Waals surface area (Å²) >= 11 is 0. The Morgan fingerprint density at radius 3 is 1.78 bits per heavy atom. The highest BCUT2D eigenvalue weighted by Crippen LogP contribution is 2.47. The molecule has 1 N–H and O–H groups in total. The van der Waals surface area contributed by atoms with Crippen molar-refractivity contribution in [1.29, 1.82) is 0 Å². The molecule has 0 fully saturated rings. The van der Waals surface area contributed by atoms with Crippen molar-refractivity contribution in [2.24, 2.45) is 0 Å². The van der Waals surface area contributed by atoms with Gasteiger partial charge in [0.15, 0.2) is 5.60 Å². The predicted octanol–water partition coefficient (Wildman–Crippen LogP) is 2.95. The lowest BCUT2D eigenvalue weighted by atomic mass is 9.67. The van der Waals surface area contributed by atoms with Crippen molar-refractivity contribution >= 4 is 11.4 Å². The molecular formula is C19H18O4. The van der Waals surface area contributed by atoms with E-state index in [4.69, 9.17) is 9.47 Å². The normalized spacial score (nSPS) is 20.3. The summed E-state index contributed by atoms with van der Waals surface area (Å²) in [7, 11) is 3.17. The van der Waals surface area contributed by atoms with Crippen molar-refractivity contribution in [2.75, 3.05) is 14.2 Å². The molecule has 0 heterocycles. The van der Waals surface area contributed by atoms with Crippen LogP contribution >= 0.6 is 0 Å². The average Bonchev–Trinajstić information content (AvgIpc) is 2.62. The van der Waals surface area contributed by atoms with Gasteiger partial charge >= 0.3 is 0 Å². The number of carbonyl (C=O) groups excluding carboxylic acids is 1. The smallest absolute Gasteiger partial charge is 0.203 e. The molecular weight excluding hydrogens is 292 g/mol. The zero-order valence-electron chi connectivity index (χ0n) is 13.3. The molecule has 0 amide bonds. The van der Waals surface area contributed by atoms with E-state index in [-0.39, 0.29) is 5.78 Å². The fraction of sp³-hybridized carbons (Fsp3) is 0.211. The maximum Gasteiger partial charge on any atom is 0.203 e. The Morgan fingerprint density at radius 1 is 0.870 bits per heavy atom. The molecule has 0 radical (unpaired) electrons. The highest BCUT2D eigenvalue weighted by molar-refractivity contribution is 6.34. The molecule has 0 bridgehead atoms. The molecule has 1 aliphatic rings. The third-order valence-corrected chi connectivity index (χ3v) is 4.36. The number of rotatable bonds is 4. The summed E-state index contributed by atoms with van der Waals surface area (Å²) in [6.07, 6.45) is 0. The summed E-state index contributed by atoms with van der Waals surface area (Å²) in [4.78, 5) is 12.6. The first kappa shape index (κ1) is 15.3. The summed E-state index contributed by atoms with van der Waals surface area (Å²) in [6.45, 7) is 1.78. The van der Waals surface area contributed by atoms with Crippen molar-refractivity contribution in [3.05, 3.63) is 65.2 Å². The number of Topliss-reactive ketones (excluding diaryl/α,β-unsaturated/α-hetero) is 1. The maximum atomic E-state index is 12.6. The highest BCUT2D eigenvalue weighted by Gasteiger charge is 2.51. The maximum absolute atomic E-state index is 12.6. The van der Waals surface area contributed by atoms with Gasteiger partial charge in [-0.2, -0.15) is 0 Å². The van der Waals surface area contributed by atoms with Crippen LogP contribution in [-0.4, -0.2) is 25.1 Å². The van der Waals surface area contributed by atoms with Crippen LogP contribution in [0.4, 0.5) is 0 Å². The fourth-order valence-electron chi connectivity index (χ4n) is 2.93. The van der Waals surface area contributed by atoms with Crippen molar-refractivity contribution in [2.45, 2.75) is 12.5 Å². The Labute approximate surface area is 135 Å². The SMILES string of the molecule is COc1ccc(C2=C(C)C(O)(c3ccc(OC)cc3)C2=O)cc1. The zero-order valence-corrected chi connectivity index (χ0v) is 13.3. The van der Waals surface area contributed by atoms with E-state index >= 15 is 0 Å². The van der Waals surface area contributed by atoms with Crippen LogP contribution in [0.2, 0.25) is 0 Å². The number of benzene rings is 2. The van der Waals surface area contributed by atoms with Gasteiger partial charge in [0.05, 0.1) is 14.2 Å². The van der Waals surface area contributed by atoms with Crippen LogP contribution in [0.1, 0.15) is 18.1 Å². The second-order valence-corrected chi connectivity index (χ2v) is 5.50. The van der Waals surface area contributed by atoms with Gasteiger partial charge in [0.25, 0.3) is 0 Å². The molecule has 4 heteroatoms. The van der Waals surface area contributed by atoms with E-state index in [9.17, 15) is 9.90 Å². The van der Waals surface area contributed by atoms with E-state index in [0.717, 1.165) is 11.3 Å². The molecule has 23 heavy (non-hydrogen) atoms. The molecule has 0 aliphatic heterocycles. The third kappa shape index (κ3) is 2.23. The number of hydrogen-bond acceptors (Lipinski definition) is 4. The monoisotopic (exact) mass is 310 g/mol. The van der Waals surface area contributed by atoms with Crippen LogP contribution in [0.15, 0.2) is 54.1 Å². The van der Waals surface area contributed by atoms with Gasteiger partial charge in [0.1, 0.15) is 11.5 Å². The van der Waals surface area contributed by atoms with E-state index in [2.05, 4.69) is 0 Å². The Kier molecular flexibility index (Phi) is 3.70. The van der Waals surface area contributed by atoms with Gasteiger partial charge in [-0.3, -0.25) is 4.79 Å². The molecule has 118 valence electrons. The van der Waals surface area contributed by atoms with Gasteiger partial charge < -0.3 is 14.6 Å². The standard InChI is InChI=1S/C19H18O4/c1-12-17(13-4-8-15(22-2)9-5-13)18(20)19(12,21)14-6-10-16(23-3)11-7-14/h4-11,21H,1-3H3. The summed E-state index contributed by atoms with van der Waals surface area (Å²) in [5.74, 6) is 1.12. The Morgan fingerprint density at radius 2 is 1.35 bits per heavy atom.